The lowest BCUT2D eigenvalue weighted by Gasteiger charge is -2.38. The summed E-state index contributed by atoms with van der Waals surface area (Å²) >= 11 is 6.71. The molecule has 0 N–H and O–H groups in total. The molecule has 0 radical (unpaired) electrons. The normalized spacial score (nSPS) is 17.5. The fourth-order valence-electron chi connectivity index (χ4n) is 4.88. The highest BCUT2D eigenvalue weighted by atomic mass is 32.2. The molecule has 0 spiro atoms. The van der Waals surface area contributed by atoms with Gasteiger partial charge in [0, 0.05) is 51.9 Å². The molecule has 1 aromatic heterocycles. The molecule has 3 heterocycles. The monoisotopic (exact) mass is 551 g/mol. The van der Waals surface area contributed by atoms with E-state index in [-0.39, 0.29) is 17.0 Å². The number of rotatable bonds is 9. The van der Waals surface area contributed by atoms with Crippen LogP contribution >= 0.6 is 24.0 Å². The van der Waals surface area contributed by atoms with Crippen molar-refractivity contribution in [2.45, 2.75) is 33.4 Å². The number of carbonyl (C=O) groups is 1. The molecule has 2 aromatic rings. The van der Waals surface area contributed by atoms with Gasteiger partial charge in [-0.05, 0) is 30.5 Å². The Kier molecular flexibility index (Phi) is 9.39. The van der Waals surface area contributed by atoms with E-state index in [9.17, 15) is 14.9 Å². The molecule has 8 nitrogen and oxygen atoms in total. The maximum absolute atomic E-state index is 13.4. The number of methoxy groups -OCH3 is 1. The fourth-order valence-corrected chi connectivity index (χ4v) is 6.17. The molecule has 2 saturated heterocycles. The summed E-state index contributed by atoms with van der Waals surface area (Å²) in [5.74, 6) is 0.594. The van der Waals surface area contributed by atoms with Crippen LogP contribution in [0.15, 0.2) is 40.0 Å². The third-order valence-corrected chi connectivity index (χ3v) is 8.26. The first-order valence-corrected chi connectivity index (χ1v) is 14.0. The number of thioether (sulfide) groups is 1. The number of benzene rings is 1. The Morgan fingerprint density at radius 3 is 2.47 bits per heavy atom. The van der Waals surface area contributed by atoms with Crippen molar-refractivity contribution in [1.29, 1.82) is 5.26 Å². The Bertz CT molecular complexity index is 1320. The van der Waals surface area contributed by atoms with E-state index in [4.69, 9.17) is 17.0 Å². The van der Waals surface area contributed by atoms with Crippen molar-refractivity contribution in [2.75, 3.05) is 51.3 Å². The minimum Gasteiger partial charge on any atom is -0.383 e. The molecule has 2 aliphatic rings. The first-order valence-electron chi connectivity index (χ1n) is 12.8. The zero-order valence-corrected chi connectivity index (χ0v) is 23.7. The van der Waals surface area contributed by atoms with E-state index < -0.39 is 0 Å². The number of amides is 1. The molecule has 0 aliphatic carbocycles. The van der Waals surface area contributed by atoms with E-state index in [2.05, 4.69) is 40.1 Å². The lowest BCUT2D eigenvalue weighted by atomic mass is 10.0. The van der Waals surface area contributed by atoms with Crippen molar-refractivity contribution in [1.82, 2.24) is 14.4 Å². The first kappa shape index (κ1) is 28.0. The van der Waals surface area contributed by atoms with Gasteiger partial charge >= 0.3 is 0 Å². The van der Waals surface area contributed by atoms with Gasteiger partial charge in [0.15, 0.2) is 0 Å². The van der Waals surface area contributed by atoms with Gasteiger partial charge in [-0.3, -0.25) is 24.0 Å². The van der Waals surface area contributed by atoms with E-state index >= 15 is 0 Å². The van der Waals surface area contributed by atoms with Crippen molar-refractivity contribution >= 4 is 46.1 Å². The molecule has 0 atom stereocenters. The Hall–Kier alpha value is -2.97. The summed E-state index contributed by atoms with van der Waals surface area (Å²) in [4.78, 5) is 33.3. The largest absolute Gasteiger partial charge is 0.383 e. The average molecular weight is 552 g/mol. The van der Waals surface area contributed by atoms with Crippen LogP contribution in [0.4, 0.5) is 5.82 Å². The average Bonchev–Trinajstić information content (AvgIpc) is 3.19. The molecular formula is C28H33N5O3S2. The van der Waals surface area contributed by atoms with Crippen molar-refractivity contribution in [3.63, 3.8) is 0 Å². The Morgan fingerprint density at radius 2 is 1.84 bits per heavy atom. The van der Waals surface area contributed by atoms with E-state index in [1.54, 1.807) is 23.5 Å². The zero-order chi connectivity index (χ0) is 27.2. The smallest absolute Gasteiger partial charge is 0.270 e. The highest BCUT2D eigenvalue weighted by Gasteiger charge is 2.33. The summed E-state index contributed by atoms with van der Waals surface area (Å²) in [6.07, 6.45) is 2.56. The molecule has 1 amide bonds. The lowest BCUT2D eigenvalue weighted by molar-refractivity contribution is -0.122. The summed E-state index contributed by atoms with van der Waals surface area (Å²) in [7, 11) is 1.59. The predicted octanol–water partition coefficient (Wildman–Crippen LogP) is 3.61. The third kappa shape index (κ3) is 5.86. The molecule has 200 valence electrons. The molecular weight excluding hydrogens is 518 g/mol. The second-order valence-corrected chi connectivity index (χ2v) is 11.1. The SMILES string of the molecule is CCCn1c(N2CCN(Cc3ccccc3)CC2)c(/C=C2/SC(=S)N(CCOC)C2=O)c(C)c(C#N)c1=O. The van der Waals surface area contributed by atoms with E-state index in [0.717, 1.165) is 50.5 Å². The lowest BCUT2D eigenvalue weighted by Crippen LogP contribution is -2.48. The van der Waals surface area contributed by atoms with Gasteiger partial charge in [-0.25, -0.2) is 0 Å². The molecule has 0 saturated carbocycles. The summed E-state index contributed by atoms with van der Waals surface area (Å²) < 4.78 is 7.34. The Labute approximate surface area is 233 Å². The van der Waals surface area contributed by atoms with Crippen molar-refractivity contribution < 1.29 is 9.53 Å². The second kappa shape index (κ2) is 12.7. The van der Waals surface area contributed by atoms with E-state index in [1.165, 1.54) is 17.3 Å². The first-order chi connectivity index (χ1) is 18.4. The number of nitriles is 1. The fraction of sp³-hybridized carbons (Fsp3) is 0.429. The van der Waals surface area contributed by atoms with E-state index in [1.807, 2.05) is 19.1 Å². The quantitative estimate of drug-likeness (QED) is 0.345. The summed E-state index contributed by atoms with van der Waals surface area (Å²) in [6.45, 7) is 9.09. The number of ether oxygens (including phenoxy) is 1. The molecule has 0 unspecified atom stereocenters. The van der Waals surface area contributed by atoms with Crippen LogP contribution in [0.25, 0.3) is 6.08 Å². The number of hydrogen-bond donors (Lipinski definition) is 0. The number of anilines is 1. The minimum absolute atomic E-state index is 0.117. The number of thiocarbonyl (C=S) groups is 1. The summed E-state index contributed by atoms with van der Waals surface area (Å²) in [5.41, 5.74) is 2.44. The van der Waals surface area contributed by atoms with Crippen LogP contribution in [-0.4, -0.2) is 71.0 Å². The predicted molar refractivity (Wildman–Crippen MR) is 156 cm³/mol. The Morgan fingerprint density at radius 1 is 1.13 bits per heavy atom. The van der Waals surface area contributed by atoms with Gasteiger partial charge in [0.25, 0.3) is 11.5 Å². The summed E-state index contributed by atoms with van der Waals surface area (Å²) in [6, 6.07) is 12.5. The highest BCUT2D eigenvalue weighted by molar-refractivity contribution is 8.26. The molecule has 2 aliphatic heterocycles. The van der Waals surface area contributed by atoms with Crippen LogP contribution in [0.2, 0.25) is 0 Å². The molecule has 10 heteroatoms. The maximum atomic E-state index is 13.4. The van der Waals surface area contributed by atoms with E-state index in [0.29, 0.717) is 34.5 Å². The van der Waals surface area contributed by atoms with Gasteiger partial charge in [0.1, 0.15) is 21.8 Å². The number of carbonyl (C=O) groups excluding carboxylic acids is 1. The molecule has 38 heavy (non-hydrogen) atoms. The highest BCUT2D eigenvalue weighted by Crippen LogP contribution is 2.36. The molecule has 1 aromatic carbocycles. The molecule has 2 fully saturated rings. The van der Waals surface area contributed by atoms with Gasteiger partial charge in [-0.15, -0.1) is 0 Å². The number of piperazine rings is 1. The number of hydrogen-bond acceptors (Lipinski definition) is 8. The van der Waals surface area contributed by atoms with Gasteiger partial charge in [0.05, 0.1) is 18.1 Å². The van der Waals surface area contributed by atoms with Crippen LogP contribution < -0.4 is 10.5 Å². The van der Waals surface area contributed by atoms with Gasteiger partial charge in [0.2, 0.25) is 0 Å². The van der Waals surface area contributed by atoms with Gasteiger partial charge in [-0.2, -0.15) is 5.26 Å². The second-order valence-electron chi connectivity index (χ2n) is 9.38. The topological polar surface area (TPSA) is 81.8 Å². The minimum atomic E-state index is -0.279. The zero-order valence-electron chi connectivity index (χ0n) is 22.1. The standard InChI is InChI=1S/C28H33N5O3S2/c1-4-10-32-25(31-13-11-30(12-14-31)19-21-8-6-5-7-9-21)22(20(2)23(18-29)26(32)34)17-24-27(35)33(15-16-36-3)28(37)38-24/h5-9,17H,4,10-16,19H2,1-3H3/b24-17+. The van der Waals surface area contributed by atoms with Gasteiger partial charge in [-0.1, -0.05) is 61.2 Å². The number of pyridine rings is 1. The number of nitrogens with zero attached hydrogens (tertiary/aromatic N) is 5. The van der Waals surface area contributed by atoms with Crippen molar-refractivity contribution in [3.05, 3.63) is 67.8 Å². The van der Waals surface area contributed by atoms with Crippen molar-refractivity contribution in [3.8, 4) is 6.07 Å². The summed E-state index contributed by atoms with van der Waals surface area (Å²) in [5, 5.41) is 9.87. The molecule has 4 rings (SSSR count). The van der Waals surface area contributed by atoms with Crippen LogP contribution in [0.3, 0.4) is 0 Å². The van der Waals surface area contributed by atoms with Gasteiger partial charge < -0.3 is 9.64 Å². The van der Waals surface area contributed by atoms with Crippen LogP contribution in [0.5, 0.6) is 0 Å². The maximum Gasteiger partial charge on any atom is 0.270 e. The molecule has 0 bridgehead atoms. The number of aromatic nitrogens is 1. The Balaban J connectivity index is 1.72. The van der Waals surface area contributed by atoms with Crippen LogP contribution in [0.1, 0.15) is 35.6 Å². The van der Waals surface area contributed by atoms with Crippen LogP contribution in [0, 0.1) is 18.3 Å². The van der Waals surface area contributed by atoms with Crippen LogP contribution in [-0.2, 0) is 22.6 Å². The van der Waals surface area contributed by atoms with Crippen molar-refractivity contribution in [2.24, 2.45) is 0 Å². The third-order valence-electron chi connectivity index (χ3n) is 6.88.